The normalized spacial score (nSPS) is 16.1. The van der Waals surface area contributed by atoms with Gasteiger partial charge in [-0.25, -0.2) is 5.10 Å². The van der Waals surface area contributed by atoms with E-state index in [-0.39, 0.29) is 36.6 Å². The van der Waals surface area contributed by atoms with Gasteiger partial charge in [0.1, 0.15) is 5.69 Å². The van der Waals surface area contributed by atoms with Crippen molar-refractivity contribution in [2.45, 2.75) is 50.9 Å². The largest absolute Gasteiger partial charge is 0.451 e. The van der Waals surface area contributed by atoms with Gasteiger partial charge in [0, 0.05) is 29.8 Å². The number of alkyl halides is 5. The predicted molar refractivity (Wildman–Crippen MR) is 111 cm³/mol. The molecule has 3 heterocycles. The van der Waals surface area contributed by atoms with Crippen LogP contribution in [0.2, 0.25) is 0 Å². The van der Waals surface area contributed by atoms with Gasteiger partial charge in [0.15, 0.2) is 5.82 Å². The second-order valence-electron chi connectivity index (χ2n) is 8.54. The molecule has 0 radical (unpaired) electrons. The molecule has 0 saturated carbocycles. The van der Waals surface area contributed by atoms with E-state index >= 15 is 8.78 Å². The van der Waals surface area contributed by atoms with E-state index in [0.717, 1.165) is 17.1 Å². The minimum absolute atomic E-state index is 0.0394. The molecule has 2 aromatic heterocycles. The molecule has 5 rings (SSSR count). The number of carbonyl (C=O) groups excluding carboxylic acids is 1. The minimum atomic E-state index is -4.67. The van der Waals surface area contributed by atoms with Crippen LogP contribution in [0.25, 0.3) is 0 Å². The average Bonchev–Trinajstić information content (AvgIpc) is 3.28. The number of aromatic amines is 1. The molecule has 0 spiro atoms. The van der Waals surface area contributed by atoms with Crippen molar-refractivity contribution in [3.8, 4) is 0 Å². The van der Waals surface area contributed by atoms with Crippen LogP contribution >= 0.6 is 0 Å². The van der Waals surface area contributed by atoms with Gasteiger partial charge in [0.2, 0.25) is 5.82 Å². The number of amides is 1. The molecule has 0 fully saturated rings. The lowest BCUT2D eigenvalue weighted by molar-refractivity contribution is -0.147. The van der Waals surface area contributed by atoms with Gasteiger partial charge in [-0.2, -0.15) is 27.1 Å². The van der Waals surface area contributed by atoms with Crippen molar-refractivity contribution in [1.82, 2.24) is 29.9 Å². The molecule has 1 N–H and O–H groups in total. The van der Waals surface area contributed by atoms with E-state index in [2.05, 4.69) is 20.4 Å². The van der Waals surface area contributed by atoms with E-state index in [4.69, 9.17) is 0 Å². The van der Waals surface area contributed by atoms with Gasteiger partial charge in [-0.15, -0.1) is 10.2 Å². The predicted octanol–water partition coefficient (Wildman–Crippen LogP) is 3.06. The molecule has 1 aromatic carbocycles. The summed E-state index contributed by atoms with van der Waals surface area (Å²) in [4.78, 5) is 26.3. The fourth-order valence-corrected chi connectivity index (χ4v) is 4.63. The summed E-state index contributed by atoms with van der Waals surface area (Å²) in [5.41, 5.74) is -1.00. The van der Waals surface area contributed by atoms with Crippen molar-refractivity contribution in [2.24, 2.45) is 0 Å². The molecule has 2 aliphatic rings. The molecule has 184 valence electrons. The Hall–Kier alpha value is -3.64. The first-order valence-electron chi connectivity index (χ1n) is 10.9. The summed E-state index contributed by atoms with van der Waals surface area (Å²) in [5, 5.41) is 12.5. The van der Waals surface area contributed by atoms with Gasteiger partial charge in [-0.1, -0.05) is 12.1 Å². The van der Waals surface area contributed by atoms with E-state index in [1.54, 1.807) is 0 Å². The molecule has 1 aliphatic carbocycles. The zero-order valence-electron chi connectivity index (χ0n) is 18.2. The zero-order chi connectivity index (χ0) is 25.0. The number of benzene rings is 1. The quantitative estimate of drug-likeness (QED) is 0.565. The highest BCUT2D eigenvalue weighted by Gasteiger charge is 2.42. The highest BCUT2D eigenvalue weighted by molar-refractivity contribution is 5.94. The number of rotatable bonds is 3. The van der Waals surface area contributed by atoms with Gasteiger partial charge >= 0.3 is 12.1 Å². The van der Waals surface area contributed by atoms with Gasteiger partial charge in [-0.05, 0) is 43.4 Å². The molecular formula is C22H19F5N6O2. The number of halogens is 5. The topological polar surface area (TPSA) is 96.8 Å². The minimum Gasteiger partial charge on any atom is -0.329 e. The number of carbonyl (C=O) groups is 1. The lowest BCUT2D eigenvalue weighted by Gasteiger charge is -2.28. The van der Waals surface area contributed by atoms with Crippen molar-refractivity contribution in [2.75, 3.05) is 6.54 Å². The molecule has 0 atom stereocenters. The van der Waals surface area contributed by atoms with Gasteiger partial charge in [0.05, 0.1) is 6.54 Å². The third-order valence-electron chi connectivity index (χ3n) is 6.36. The third kappa shape index (κ3) is 3.98. The summed E-state index contributed by atoms with van der Waals surface area (Å²) in [6.45, 7) is -0.480. The fourth-order valence-electron chi connectivity index (χ4n) is 4.63. The third-order valence-corrected chi connectivity index (χ3v) is 6.36. The SMILES string of the molecule is O=C(c1cccc(C(F)(F)c2n[nH]c(=O)c3c2CCCC3)c1)N1CCn2c(nnc2C(F)(F)F)C1. The van der Waals surface area contributed by atoms with E-state index in [1.807, 2.05) is 0 Å². The van der Waals surface area contributed by atoms with Crippen LogP contribution in [0.15, 0.2) is 29.1 Å². The Kier molecular flexibility index (Phi) is 5.44. The summed E-state index contributed by atoms with van der Waals surface area (Å²) >= 11 is 0. The van der Waals surface area contributed by atoms with Gasteiger partial charge in [-0.3, -0.25) is 9.59 Å². The second kappa shape index (κ2) is 8.24. The van der Waals surface area contributed by atoms with Crippen LogP contribution < -0.4 is 5.56 Å². The Morgan fingerprint density at radius 3 is 2.49 bits per heavy atom. The maximum Gasteiger partial charge on any atom is 0.451 e. The van der Waals surface area contributed by atoms with Crippen LogP contribution in [0.4, 0.5) is 22.0 Å². The fraction of sp³-hybridized carbons (Fsp3) is 0.409. The highest BCUT2D eigenvalue weighted by atomic mass is 19.4. The van der Waals surface area contributed by atoms with E-state index in [0.29, 0.717) is 24.8 Å². The smallest absolute Gasteiger partial charge is 0.329 e. The Bertz CT molecular complexity index is 1360. The maximum atomic E-state index is 15.6. The van der Waals surface area contributed by atoms with Crippen molar-refractivity contribution < 1.29 is 26.7 Å². The molecule has 1 aliphatic heterocycles. The molecule has 0 unspecified atom stereocenters. The van der Waals surface area contributed by atoms with Crippen LogP contribution in [-0.4, -0.2) is 42.3 Å². The van der Waals surface area contributed by atoms with Crippen molar-refractivity contribution >= 4 is 5.91 Å². The van der Waals surface area contributed by atoms with Crippen LogP contribution in [0.3, 0.4) is 0 Å². The summed E-state index contributed by atoms with van der Waals surface area (Å²) in [7, 11) is 0. The molecule has 0 saturated heterocycles. The van der Waals surface area contributed by atoms with Crippen LogP contribution in [-0.2, 0) is 38.0 Å². The molecule has 0 bridgehead atoms. The number of nitrogens with one attached hydrogen (secondary N) is 1. The highest BCUT2D eigenvalue weighted by Crippen LogP contribution is 2.38. The number of hydrogen-bond acceptors (Lipinski definition) is 5. The van der Waals surface area contributed by atoms with Crippen molar-refractivity contribution in [1.29, 1.82) is 0 Å². The molecule has 3 aromatic rings. The molecule has 35 heavy (non-hydrogen) atoms. The van der Waals surface area contributed by atoms with Crippen LogP contribution in [0.1, 0.15) is 57.2 Å². The van der Waals surface area contributed by atoms with Gasteiger partial charge < -0.3 is 9.47 Å². The Morgan fingerprint density at radius 2 is 1.74 bits per heavy atom. The van der Waals surface area contributed by atoms with Crippen molar-refractivity contribution in [3.63, 3.8) is 0 Å². The molecule has 8 nitrogen and oxygen atoms in total. The summed E-state index contributed by atoms with van der Waals surface area (Å²) < 4.78 is 71.2. The van der Waals surface area contributed by atoms with Crippen LogP contribution in [0.5, 0.6) is 0 Å². The van der Waals surface area contributed by atoms with E-state index in [9.17, 15) is 22.8 Å². The van der Waals surface area contributed by atoms with E-state index in [1.165, 1.54) is 23.1 Å². The summed E-state index contributed by atoms with van der Waals surface area (Å²) in [5.74, 6) is -5.38. The van der Waals surface area contributed by atoms with Gasteiger partial charge in [0.25, 0.3) is 11.5 Å². The molecule has 1 amide bonds. The number of fused-ring (bicyclic) bond motifs is 2. The summed E-state index contributed by atoms with van der Waals surface area (Å²) in [6, 6.07) is 4.88. The maximum absolute atomic E-state index is 15.6. The lowest BCUT2D eigenvalue weighted by Crippen LogP contribution is -2.39. The van der Waals surface area contributed by atoms with Crippen molar-refractivity contribution in [3.05, 3.63) is 74.2 Å². The number of hydrogen-bond donors (Lipinski definition) is 1. The zero-order valence-corrected chi connectivity index (χ0v) is 18.2. The molecular weight excluding hydrogens is 475 g/mol. The van der Waals surface area contributed by atoms with Crippen LogP contribution in [0, 0.1) is 0 Å². The Balaban J connectivity index is 1.43. The first kappa shape index (κ1) is 23.1. The Labute approximate surface area is 194 Å². The monoisotopic (exact) mass is 494 g/mol. The number of nitrogens with zero attached hydrogens (tertiary/aromatic N) is 5. The number of aromatic nitrogens is 5. The Morgan fingerprint density at radius 1 is 1.00 bits per heavy atom. The molecule has 13 heteroatoms. The first-order chi connectivity index (χ1) is 16.6. The summed E-state index contributed by atoms with van der Waals surface area (Å²) in [6.07, 6.45) is -2.58. The average molecular weight is 494 g/mol. The lowest BCUT2D eigenvalue weighted by atomic mass is 9.88. The van der Waals surface area contributed by atoms with E-state index < -0.39 is 40.6 Å². The first-order valence-corrected chi connectivity index (χ1v) is 10.9. The standard InChI is InChI=1S/C22H19F5N6O2/c23-21(24,17-14-6-1-2-7-15(14)18(34)30-29-17)13-5-3-4-12(10-13)19(35)32-8-9-33-16(11-32)28-31-20(33)22(25,26)27/h3-5,10H,1-2,6-9,11H2,(H,30,34). The second-order valence-corrected chi connectivity index (χ2v) is 8.54. The number of H-pyrrole nitrogens is 1.